The summed E-state index contributed by atoms with van der Waals surface area (Å²) in [6, 6.07) is 10.6. The first-order valence-electron chi connectivity index (χ1n) is 6.78. The molecule has 0 fully saturated rings. The maximum Gasteiger partial charge on any atom is 0.278 e. The van der Waals surface area contributed by atoms with E-state index in [1.54, 1.807) is 43.5 Å². The molecule has 3 aromatic rings. The summed E-state index contributed by atoms with van der Waals surface area (Å²) in [5, 5.41) is 2.71. The number of amides is 1. The van der Waals surface area contributed by atoms with Crippen molar-refractivity contribution in [2.24, 2.45) is 0 Å². The molecule has 0 spiro atoms. The van der Waals surface area contributed by atoms with E-state index < -0.39 is 0 Å². The molecule has 2 heterocycles. The molecule has 6 nitrogen and oxygen atoms in total. The van der Waals surface area contributed by atoms with Crippen LogP contribution in [0.4, 0.5) is 5.69 Å². The fourth-order valence-electron chi connectivity index (χ4n) is 2.30. The Labute approximate surface area is 126 Å². The van der Waals surface area contributed by atoms with Crippen molar-refractivity contribution in [2.45, 2.75) is 13.8 Å². The zero-order valence-electron chi connectivity index (χ0n) is 12.2. The molecule has 0 aliphatic rings. The SMILES string of the molecule is CC(=O)Nc1cccc(-n2c(=O)c(C)nc3cccnc32)c1. The van der Waals surface area contributed by atoms with Crippen molar-refractivity contribution in [1.82, 2.24) is 14.5 Å². The molecule has 0 aliphatic carbocycles. The van der Waals surface area contributed by atoms with Gasteiger partial charge in [-0.25, -0.2) is 9.97 Å². The molecule has 0 atom stereocenters. The Morgan fingerprint density at radius 3 is 2.82 bits per heavy atom. The van der Waals surface area contributed by atoms with Crippen molar-refractivity contribution < 1.29 is 4.79 Å². The number of rotatable bonds is 2. The lowest BCUT2D eigenvalue weighted by Crippen LogP contribution is -2.23. The summed E-state index contributed by atoms with van der Waals surface area (Å²) in [7, 11) is 0. The number of pyridine rings is 1. The number of benzene rings is 1. The van der Waals surface area contributed by atoms with Crippen LogP contribution < -0.4 is 10.9 Å². The van der Waals surface area contributed by atoms with Gasteiger partial charge in [-0.3, -0.25) is 14.2 Å². The zero-order chi connectivity index (χ0) is 15.7. The van der Waals surface area contributed by atoms with Gasteiger partial charge >= 0.3 is 0 Å². The van der Waals surface area contributed by atoms with Gasteiger partial charge in [0.2, 0.25) is 5.91 Å². The van der Waals surface area contributed by atoms with Crippen LogP contribution in [0, 0.1) is 6.92 Å². The highest BCUT2D eigenvalue weighted by atomic mass is 16.1. The van der Waals surface area contributed by atoms with Crippen LogP contribution in [-0.4, -0.2) is 20.4 Å². The van der Waals surface area contributed by atoms with Crippen LogP contribution in [0.2, 0.25) is 0 Å². The highest BCUT2D eigenvalue weighted by Gasteiger charge is 2.11. The number of fused-ring (bicyclic) bond motifs is 1. The Balaban J connectivity index is 2.28. The largest absolute Gasteiger partial charge is 0.326 e. The minimum Gasteiger partial charge on any atom is -0.326 e. The first kappa shape index (κ1) is 13.9. The number of aromatic nitrogens is 3. The lowest BCUT2D eigenvalue weighted by atomic mass is 10.2. The van der Waals surface area contributed by atoms with Gasteiger partial charge in [0.1, 0.15) is 11.2 Å². The molecule has 1 aromatic carbocycles. The van der Waals surface area contributed by atoms with Crippen LogP contribution in [0.25, 0.3) is 16.9 Å². The van der Waals surface area contributed by atoms with E-state index in [4.69, 9.17) is 0 Å². The molecule has 6 heteroatoms. The van der Waals surface area contributed by atoms with Gasteiger partial charge in [0, 0.05) is 18.8 Å². The van der Waals surface area contributed by atoms with Crippen LogP contribution in [0.15, 0.2) is 47.4 Å². The summed E-state index contributed by atoms with van der Waals surface area (Å²) in [5.74, 6) is -0.168. The van der Waals surface area contributed by atoms with E-state index in [2.05, 4.69) is 15.3 Å². The Hall–Kier alpha value is -3.02. The maximum atomic E-state index is 12.5. The van der Waals surface area contributed by atoms with Crippen molar-refractivity contribution in [3.63, 3.8) is 0 Å². The third kappa shape index (κ3) is 2.46. The van der Waals surface area contributed by atoms with E-state index >= 15 is 0 Å². The molecule has 110 valence electrons. The fraction of sp³-hybridized carbons (Fsp3) is 0.125. The number of nitrogens with one attached hydrogen (secondary N) is 1. The van der Waals surface area contributed by atoms with Gasteiger partial charge in [0.15, 0.2) is 5.65 Å². The molecule has 0 aliphatic heterocycles. The molecular formula is C16H14N4O2. The second-order valence-corrected chi connectivity index (χ2v) is 4.92. The number of hydrogen-bond acceptors (Lipinski definition) is 4. The van der Waals surface area contributed by atoms with Crippen molar-refractivity contribution in [1.29, 1.82) is 0 Å². The molecule has 0 radical (unpaired) electrons. The van der Waals surface area contributed by atoms with Crippen LogP contribution in [0.3, 0.4) is 0 Å². The molecule has 0 saturated carbocycles. The average Bonchev–Trinajstić information content (AvgIpc) is 2.48. The molecule has 0 saturated heterocycles. The number of hydrogen-bond donors (Lipinski definition) is 1. The van der Waals surface area contributed by atoms with E-state index in [1.807, 2.05) is 6.07 Å². The fourth-order valence-corrected chi connectivity index (χ4v) is 2.30. The van der Waals surface area contributed by atoms with E-state index in [-0.39, 0.29) is 11.5 Å². The molecule has 3 rings (SSSR count). The van der Waals surface area contributed by atoms with Gasteiger partial charge in [-0.1, -0.05) is 6.07 Å². The topological polar surface area (TPSA) is 76.9 Å². The van der Waals surface area contributed by atoms with Gasteiger partial charge < -0.3 is 5.32 Å². The first-order chi connectivity index (χ1) is 10.6. The summed E-state index contributed by atoms with van der Waals surface area (Å²) >= 11 is 0. The number of nitrogens with zero attached hydrogens (tertiary/aromatic N) is 3. The van der Waals surface area contributed by atoms with E-state index in [9.17, 15) is 9.59 Å². The lowest BCUT2D eigenvalue weighted by molar-refractivity contribution is -0.114. The van der Waals surface area contributed by atoms with Gasteiger partial charge in [-0.05, 0) is 37.3 Å². The predicted octanol–water partition coefficient (Wildman–Crippen LogP) is 2.05. The Bertz CT molecular complexity index is 931. The molecule has 2 aromatic heterocycles. The predicted molar refractivity (Wildman–Crippen MR) is 84.2 cm³/mol. The molecule has 0 unspecified atom stereocenters. The van der Waals surface area contributed by atoms with Gasteiger partial charge in [0.05, 0.1) is 5.69 Å². The maximum absolute atomic E-state index is 12.5. The minimum absolute atomic E-state index is 0.168. The molecule has 1 amide bonds. The van der Waals surface area contributed by atoms with E-state index in [1.165, 1.54) is 11.5 Å². The molecular weight excluding hydrogens is 280 g/mol. The third-order valence-electron chi connectivity index (χ3n) is 3.20. The Morgan fingerprint density at radius 1 is 1.23 bits per heavy atom. The summed E-state index contributed by atoms with van der Waals surface area (Å²) in [6.45, 7) is 3.11. The van der Waals surface area contributed by atoms with Crippen LogP contribution in [-0.2, 0) is 4.79 Å². The van der Waals surface area contributed by atoms with Gasteiger partial charge in [-0.15, -0.1) is 0 Å². The first-order valence-corrected chi connectivity index (χ1v) is 6.78. The summed E-state index contributed by atoms with van der Waals surface area (Å²) in [4.78, 5) is 32.2. The number of anilines is 1. The Kier molecular flexibility index (Phi) is 3.42. The van der Waals surface area contributed by atoms with E-state index in [0.29, 0.717) is 28.2 Å². The second kappa shape index (κ2) is 5.40. The van der Waals surface area contributed by atoms with Crippen molar-refractivity contribution >= 4 is 22.8 Å². The number of aryl methyl sites for hydroxylation is 1. The summed E-state index contributed by atoms with van der Waals surface area (Å²) in [6.07, 6.45) is 1.62. The smallest absolute Gasteiger partial charge is 0.278 e. The third-order valence-corrected chi connectivity index (χ3v) is 3.20. The zero-order valence-corrected chi connectivity index (χ0v) is 12.2. The highest BCUT2D eigenvalue weighted by molar-refractivity contribution is 5.89. The van der Waals surface area contributed by atoms with Crippen LogP contribution in [0.1, 0.15) is 12.6 Å². The monoisotopic (exact) mass is 294 g/mol. The van der Waals surface area contributed by atoms with Gasteiger partial charge in [0.25, 0.3) is 5.56 Å². The van der Waals surface area contributed by atoms with Crippen molar-refractivity contribution in [2.75, 3.05) is 5.32 Å². The summed E-state index contributed by atoms with van der Waals surface area (Å²) in [5.41, 5.74) is 2.54. The minimum atomic E-state index is -0.230. The summed E-state index contributed by atoms with van der Waals surface area (Å²) < 4.78 is 1.50. The molecule has 0 bridgehead atoms. The second-order valence-electron chi connectivity index (χ2n) is 4.92. The Morgan fingerprint density at radius 2 is 2.05 bits per heavy atom. The quantitative estimate of drug-likeness (QED) is 0.784. The normalized spacial score (nSPS) is 10.6. The standard InChI is InChI=1S/C16H14N4O2/c1-10-16(22)20(15-14(18-10)7-4-8-17-15)13-6-3-5-12(9-13)19-11(2)21/h3-9H,1-2H3,(H,19,21). The number of carbonyl (C=O) groups excluding carboxylic acids is 1. The van der Waals surface area contributed by atoms with Crippen molar-refractivity contribution in [3.05, 3.63) is 58.6 Å². The van der Waals surface area contributed by atoms with Gasteiger partial charge in [-0.2, -0.15) is 0 Å². The van der Waals surface area contributed by atoms with E-state index in [0.717, 1.165) is 0 Å². The molecule has 1 N–H and O–H groups in total. The van der Waals surface area contributed by atoms with Crippen LogP contribution in [0.5, 0.6) is 0 Å². The number of carbonyl (C=O) groups is 1. The van der Waals surface area contributed by atoms with Crippen LogP contribution >= 0.6 is 0 Å². The lowest BCUT2D eigenvalue weighted by Gasteiger charge is -2.11. The molecule has 22 heavy (non-hydrogen) atoms. The highest BCUT2D eigenvalue weighted by Crippen LogP contribution is 2.17. The average molecular weight is 294 g/mol. The van der Waals surface area contributed by atoms with Crippen molar-refractivity contribution in [3.8, 4) is 5.69 Å².